The van der Waals surface area contributed by atoms with Gasteiger partial charge in [-0.15, -0.1) is 0 Å². The number of aromatic hydroxyl groups is 2. The molecule has 0 saturated heterocycles. The second-order valence-electron chi connectivity index (χ2n) is 17.4. The molecule has 0 spiro atoms. The van der Waals surface area contributed by atoms with Gasteiger partial charge in [-0.1, -0.05) is 195 Å². The van der Waals surface area contributed by atoms with Crippen LogP contribution in [-0.2, 0) is 30.2 Å². The Bertz CT molecular complexity index is 3110. The standard InChI is InChI=1S/C60H50N2O2.Fe/c63-59-45(35-43-23-9-13-27-49(43)57(59)55-47-25-11-7-21-41(47)31-33-51(55)39-17-3-1-4-18-39)37-61-53-29-15-16-30-54(53)62-38-46-36-44-24-10-14-28-50(44)58(60(46)64)56-48-26-12-8-22-42(48)32-34-52(56)40-19-5-2-6-20-40;/h1-14,17-28,31-36,53-54,61-64H,15-16,29-30,37-38H2;/q;+2/t53-,54-;/m0./s1. The molecule has 0 aromatic heterocycles. The molecule has 0 bridgehead atoms. The molecular formula is C60H50FeN2O2+2. The molecule has 1 aliphatic carbocycles. The van der Waals surface area contributed by atoms with E-state index in [9.17, 15) is 10.2 Å². The Labute approximate surface area is 391 Å². The van der Waals surface area contributed by atoms with Crippen molar-refractivity contribution in [2.24, 2.45) is 0 Å². The second kappa shape index (κ2) is 18.4. The van der Waals surface area contributed by atoms with Gasteiger partial charge in [0.15, 0.2) is 0 Å². The molecule has 4 nitrogen and oxygen atoms in total. The van der Waals surface area contributed by atoms with Gasteiger partial charge in [0, 0.05) is 58.6 Å². The van der Waals surface area contributed by atoms with E-state index in [1.807, 2.05) is 12.1 Å². The number of hydrogen-bond donors (Lipinski definition) is 4. The van der Waals surface area contributed by atoms with Crippen molar-refractivity contribution >= 4 is 43.1 Å². The molecule has 0 heterocycles. The van der Waals surface area contributed by atoms with E-state index in [2.05, 4.69) is 193 Å². The fourth-order valence-electron chi connectivity index (χ4n) is 10.5. The summed E-state index contributed by atoms with van der Waals surface area (Å²) in [5.41, 5.74) is 10.0. The van der Waals surface area contributed by atoms with E-state index in [-0.39, 0.29) is 29.2 Å². The first kappa shape index (κ1) is 42.2. The zero-order chi connectivity index (χ0) is 43.0. The first-order valence-electron chi connectivity index (χ1n) is 22.7. The molecule has 1 saturated carbocycles. The average molecular weight is 887 g/mol. The van der Waals surface area contributed by atoms with Crippen LogP contribution in [0.1, 0.15) is 36.8 Å². The Morgan fingerprint density at radius 3 is 1.11 bits per heavy atom. The van der Waals surface area contributed by atoms with Crippen LogP contribution in [0.15, 0.2) is 194 Å². The summed E-state index contributed by atoms with van der Waals surface area (Å²) in [6, 6.07) is 68.3. The number of fused-ring (bicyclic) bond motifs is 4. The quantitative estimate of drug-likeness (QED) is 0.103. The van der Waals surface area contributed by atoms with Crippen molar-refractivity contribution in [2.45, 2.75) is 50.9 Å². The third-order valence-corrected chi connectivity index (χ3v) is 13.6. The van der Waals surface area contributed by atoms with E-state index in [1.165, 1.54) is 0 Å². The number of nitrogens with one attached hydrogen (secondary N) is 2. The molecule has 10 aromatic rings. The Kier molecular flexibility index (Phi) is 12.0. The maximum Gasteiger partial charge on any atom is 2.00 e. The minimum absolute atomic E-state index is 0. The third-order valence-electron chi connectivity index (χ3n) is 13.6. The summed E-state index contributed by atoms with van der Waals surface area (Å²) in [7, 11) is 0. The monoisotopic (exact) mass is 886 g/mol. The van der Waals surface area contributed by atoms with Gasteiger partial charge in [0.1, 0.15) is 11.5 Å². The van der Waals surface area contributed by atoms with Crippen molar-refractivity contribution in [1.82, 2.24) is 10.6 Å². The Morgan fingerprint density at radius 2 is 0.708 bits per heavy atom. The maximum absolute atomic E-state index is 12.5. The SMILES string of the molecule is Oc1c(CN[C@H]2CCCC[C@@H]2NCc2cc3ccccc3c(-c3c(-c4ccccc4)ccc4ccccc34)c2O)cc2ccccc2c1-c1c(-c2ccccc2)ccc2ccccc12.[Fe+2]. The summed E-state index contributed by atoms with van der Waals surface area (Å²) in [6.45, 7) is 1.04. The van der Waals surface area contributed by atoms with E-state index in [4.69, 9.17) is 0 Å². The van der Waals surface area contributed by atoms with Gasteiger partial charge >= 0.3 is 17.1 Å². The molecule has 11 rings (SSSR count). The van der Waals surface area contributed by atoms with Crippen LogP contribution >= 0.6 is 0 Å². The molecule has 4 N–H and O–H groups in total. The number of benzene rings is 10. The molecule has 1 aliphatic rings. The van der Waals surface area contributed by atoms with Gasteiger partial charge in [0.05, 0.1) is 0 Å². The molecule has 0 radical (unpaired) electrons. The van der Waals surface area contributed by atoms with Crippen molar-refractivity contribution in [1.29, 1.82) is 0 Å². The summed E-state index contributed by atoms with van der Waals surface area (Å²) < 4.78 is 0. The molecule has 65 heavy (non-hydrogen) atoms. The summed E-state index contributed by atoms with van der Waals surface area (Å²) in [4.78, 5) is 0. The number of phenolic OH excluding ortho intramolecular Hbond substituents is 2. The van der Waals surface area contributed by atoms with Crippen LogP contribution < -0.4 is 10.6 Å². The normalized spacial score (nSPS) is 15.1. The fraction of sp³-hybridized carbons (Fsp3) is 0.133. The van der Waals surface area contributed by atoms with Crippen LogP contribution in [0.5, 0.6) is 11.5 Å². The smallest absolute Gasteiger partial charge is 0.507 e. The van der Waals surface area contributed by atoms with Crippen molar-refractivity contribution in [3.63, 3.8) is 0 Å². The molecule has 10 aromatic carbocycles. The predicted octanol–water partition coefficient (Wildman–Crippen LogP) is 14.6. The molecule has 0 amide bonds. The fourth-order valence-corrected chi connectivity index (χ4v) is 10.5. The second-order valence-corrected chi connectivity index (χ2v) is 17.4. The van der Waals surface area contributed by atoms with Gasteiger partial charge < -0.3 is 20.8 Å². The summed E-state index contributed by atoms with van der Waals surface area (Å²) in [5.74, 6) is 0.633. The van der Waals surface area contributed by atoms with E-state index in [1.54, 1.807) is 0 Å². The first-order chi connectivity index (χ1) is 31.6. The van der Waals surface area contributed by atoms with Crippen LogP contribution in [0.2, 0.25) is 0 Å². The van der Waals surface area contributed by atoms with Crippen molar-refractivity contribution in [3.05, 3.63) is 205 Å². The van der Waals surface area contributed by atoms with E-state index in [0.29, 0.717) is 24.6 Å². The minimum atomic E-state index is 0. The molecule has 1 fully saturated rings. The zero-order valence-electron chi connectivity index (χ0n) is 36.1. The summed E-state index contributed by atoms with van der Waals surface area (Å²) >= 11 is 0. The molecule has 2 atom stereocenters. The van der Waals surface area contributed by atoms with Gasteiger partial charge in [-0.25, -0.2) is 0 Å². The number of hydrogen-bond acceptors (Lipinski definition) is 4. The number of rotatable bonds is 10. The van der Waals surface area contributed by atoms with Gasteiger partial charge in [0.25, 0.3) is 0 Å². The van der Waals surface area contributed by atoms with E-state index in [0.717, 1.165) is 124 Å². The molecular weight excluding hydrogens is 837 g/mol. The van der Waals surface area contributed by atoms with Crippen LogP contribution in [0, 0.1) is 0 Å². The average Bonchev–Trinajstić information content (AvgIpc) is 3.35. The van der Waals surface area contributed by atoms with Crippen molar-refractivity contribution in [3.8, 4) is 56.0 Å². The van der Waals surface area contributed by atoms with Gasteiger partial charge in [-0.05, 0) is 90.3 Å². The Hall–Kier alpha value is -6.72. The molecule has 0 aliphatic heterocycles. The molecule has 318 valence electrons. The van der Waals surface area contributed by atoms with Crippen molar-refractivity contribution < 1.29 is 27.3 Å². The predicted molar refractivity (Wildman–Crippen MR) is 268 cm³/mol. The summed E-state index contributed by atoms with van der Waals surface area (Å²) in [6.07, 6.45) is 4.31. The Morgan fingerprint density at radius 1 is 0.369 bits per heavy atom. The largest absolute Gasteiger partial charge is 2.00 e. The zero-order valence-corrected chi connectivity index (χ0v) is 37.2. The van der Waals surface area contributed by atoms with Gasteiger partial charge in [-0.3, -0.25) is 0 Å². The number of phenols is 2. The van der Waals surface area contributed by atoms with E-state index < -0.39 is 0 Å². The third kappa shape index (κ3) is 7.96. The maximum atomic E-state index is 12.5. The summed E-state index contributed by atoms with van der Waals surface area (Å²) in [5, 5.41) is 41.7. The van der Waals surface area contributed by atoms with Gasteiger partial charge in [-0.2, -0.15) is 0 Å². The molecule has 5 heteroatoms. The van der Waals surface area contributed by atoms with Gasteiger partial charge in [0.2, 0.25) is 0 Å². The molecule has 0 unspecified atom stereocenters. The Balaban J connectivity index is 0.00000498. The van der Waals surface area contributed by atoms with Crippen LogP contribution in [0.4, 0.5) is 0 Å². The minimum Gasteiger partial charge on any atom is -0.507 e. The van der Waals surface area contributed by atoms with Crippen molar-refractivity contribution in [2.75, 3.05) is 0 Å². The van der Waals surface area contributed by atoms with E-state index >= 15 is 0 Å². The topological polar surface area (TPSA) is 64.5 Å². The first-order valence-corrected chi connectivity index (χ1v) is 22.7. The van der Waals surface area contributed by atoms with Crippen LogP contribution in [-0.4, -0.2) is 22.3 Å². The van der Waals surface area contributed by atoms with Crippen LogP contribution in [0.25, 0.3) is 87.6 Å². The van der Waals surface area contributed by atoms with Crippen LogP contribution in [0.3, 0.4) is 0 Å².